The Kier molecular flexibility index (Phi) is 4.31. The number of hydrogen-bond donors (Lipinski definition) is 2. The van der Waals surface area contributed by atoms with Crippen LogP contribution in [0.3, 0.4) is 0 Å². The van der Waals surface area contributed by atoms with Gasteiger partial charge in [-0.2, -0.15) is 9.40 Å². The van der Waals surface area contributed by atoms with E-state index in [9.17, 15) is 8.42 Å². The van der Waals surface area contributed by atoms with Crippen LogP contribution < -0.4 is 5.73 Å². The van der Waals surface area contributed by atoms with Gasteiger partial charge in [0.05, 0.1) is 18.0 Å². The van der Waals surface area contributed by atoms with Gasteiger partial charge in [0.1, 0.15) is 10.7 Å². The number of aliphatic hydroxyl groups excluding tert-OH is 1. The van der Waals surface area contributed by atoms with Crippen LogP contribution in [0, 0.1) is 6.92 Å². The van der Waals surface area contributed by atoms with Crippen molar-refractivity contribution in [3.63, 3.8) is 0 Å². The Bertz CT molecular complexity index is 740. The highest BCUT2D eigenvalue weighted by atomic mass is 32.2. The topological polar surface area (TPSA) is 101 Å². The number of aliphatic hydroxyl groups is 1. The Balaban J connectivity index is 2.59. The quantitative estimate of drug-likeness (QED) is 0.831. The number of nitrogen functional groups attached to an aromatic ring is 1. The summed E-state index contributed by atoms with van der Waals surface area (Å²) in [5.41, 5.74) is 6.95. The first kappa shape index (κ1) is 15.5. The lowest BCUT2D eigenvalue weighted by Gasteiger charge is -2.18. The fourth-order valence-electron chi connectivity index (χ4n) is 1.99. The largest absolute Gasteiger partial charge is 0.395 e. The van der Waals surface area contributed by atoms with Crippen LogP contribution in [0.15, 0.2) is 35.2 Å². The average Bonchev–Trinajstić information content (AvgIpc) is 2.78. The van der Waals surface area contributed by atoms with E-state index in [0.29, 0.717) is 17.2 Å². The van der Waals surface area contributed by atoms with Crippen molar-refractivity contribution in [2.24, 2.45) is 0 Å². The zero-order valence-electron chi connectivity index (χ0n) is 11.9. The second-order valence-corrected chi connectivity index (χ2v) is 6.65. The number of rotatable bonds is 5. The molecule has 2 rings (SSSR count). The molecule has 0 bridgehead atoms. The lowest BCUT2D eigenvalue weighted by molar-refractivity contribution is 0.266. The monoisotopic (exact) mass is 310 g/mol. The van der Waals surface area contributed by atoms with Gasteiger partial charge in [-0.3, -0.25) is 0 Å². The van der Waals surface area contributed by atoms with Gasteiger partial charge in [0.25, 0.3) is 0 Å². The van der Waals surface area contributed by atoms with Crippen LogP contribution in [0.5, 0.6) is 0 Å². The number of anilines is 1. The maximum absolute atomic E-state index is 12.6. The van der Waals surface area contributed by atoms with Crippen molar-refractivity contribution in [3.8, 4) is 5.69 Å². The first-order valence-electron chi connectivity index (χ1n) is 6.36. The van der Waals surface area contributed by atoms with Gasteiger partial charge in [0, 0.05) is 19.7 Å². The first-order valence-corrected chi connectivity index (χ1v) is 7.80. The summed E-state index contributed by atoms with van der Waals surface area (Å²) >= 11 is 0. The third-order valence-corrected chi connectivity index (χ3v) is 4.96. The molecule has 0 aliphatic heterocycles. The van der Waals surface area contributed by atoms with Gasteiger partial charge >= 0.3 is 0 Å². The summed E-state index contributed by atoms with van der Waals surface area (Å²) < 4.78 is 27.6. The molecule has 0 fully saturated rings. The Labute approximate surface area is 123 Å². The second kappa shape index (κ2) is 5.84. The van der Waals surface area contributed by atoms with Crippen molar-refractivity contribution in [2.45, 2.75) is 11.8 Å². The summed E-state index contributed by atoms with van der Waals surface area (Å²) in [5, 5.41) is 13.2. The van der Waals surface area contributed by atoms with Gasteiger partial charge in [0.2, 0.25) is 10.0 Å². The zero-order chi connectivity index (χ0) is 15.6. The molecule has 0 unspecified atom stereocenters. The molecule has 3 N–H and O–H groups in total. The molecular weight excluding hydrogens is 292 g/mol. The van der Waals surface area contributed by atoms with E-state index in [4.69, 9.17) is 10.8 Å². The van der Waals surface area contributed by atoms with E-state index in [-0.39, 0.29) is 18.0 Å². The summed E-state index contributed by atoms with van der Waals surface area (Å²) in [6.07, 6.45) is 0. The van der Waals surface area contributed by atoms with Crippen LogP contribution >= 0.6 is 0 Å². The summed E-state index contributed by atoms with van der Waals surface area (Å²) in [6, 6.07) is 8.16. The van der Waals surface area contributed by atoms with Gasteiger partial charge in [-0.05, 0) is 19.1 Å². The molecule has 21 heavy (non-hydrogen) atoms. The number of hydrogen-bond acceptors (Lipinski definition) is 5. The molecule has 0 radical (unpaired) electrons. The molecule has 7 nitrogen and oxygen atoms in total. The van der Waals surface area contributed by atoms with Crippen LogP contribution in [0.1, 0.15) is 5.69 Å². The van der Waals surface area contributed by atoms with Gasteiger partial charge in [-0.1, -0.05) is 12.1 Å². The SMILES string of the molecule is Cc1cc(N)n(-c2ccccc2S(=O)(=O)N(C)CCO)n1. The van der Waals surface area contributed by atoms with Crippen molar-refractivity contribution in [3.05, 3.63) is 36.0 Å². The Morgan fingerprint density at radius 3 is 2.62 bits per heavy atom. The molecule has 1 aromatic carbocycles. The highest BCUT2D eigenvalue weighted by molar-refractivity contribution is 7.89. The standard InChI is InChI=1S/C13H18N4O3S/c1-10-9-13(14)17(15-10)11-5-3-4-6-12(11)21(19,20)16(2)7-8-18/h3-6,9,18H,7-8,14H2,1-2H3. The molecule has 8 heteroatoms. The van der Waals surface area contributed by atoms with Crippen molar-refractivity contribution >= 4 is 15.8 Å². The molecule has 0 atom stereocenters. The first-order chi connectivity index (χ1) is 9.87. The number of aromatic nitrogens is 2. The van der Waals surface area contributed by atoms with Crippen LogP contribution in [0.2, 0.25) is 0 Å². The lowest BCUT2D eigenvalue weighted by Crippen LogP contribution is -2.30. The summed E-state index contributed by atoms with van der Waals surface area (Å²) in [6.45, 7) is 1.55. The number of benzene rings is 1. The minimum atomic E-state index is -3.73. The third-order valence-electron chi connectivity index (χ3n) is 3.06. The summed E-state index contributed by atoms with van der Waals surface area (Å²) in [7, 11) is -2.31. The van der Waals surface area contributed by atoms with Crippen molar-refractivity contribution in [2.75, 3.05) is 25.9 Å². The molecule has 0 aliphatic carbocycles. The number of aryl methyl sites for hydroxylation is 1. The van der Waals surface area contributed by atoms with E-state index in [0.717, 1.165) is 4.31 Å². The maximum atomic E-state index is 12.6. The van der Waals surface area contributed by atoms with E-state index in [1.165, 1.54) is 17.8 Å². The minimum absolute atomic E-state index is 0.0181. The molecule has 0 saturated heterocycles. The Morgan fingerprint density at radius 2 is 2.05 bits per heavy atom. The molecule has 0 amide bonds. The minimum Gasteiger partial charge on any atom is -0.395 e. The Hall–Kier alpha value is -1.90. The average molecular weight is 310 g/mol. The van der Waals surface area contributed by atoms with Crippen LogP contribution in [0.25, 0.3) is 5.69 Å². The number of likely N-dealkylation sites (N-methyl/N-ethyl adjacent to an activating group) is 1. The molecule has 1 aromatic heterocycles. The van der Waals surface area contributed by atoms with E-state index in [1.54, 1.807) is 31.2 Å². The number of nitrogens with two attached hydrogens (primary N) is 1. The lowest BCUT2D eigenvalue weighted by atomic mass is 10.3. The van der Waals surface area contributed by atoms with E-state index in [1.807, 2.05) is 0 Å². The zero-order valence-corrected chi connectivity index (χ0v) is 12.7. The smallest absolute Gasteiger partial charge is 0.245 e. The van der Waals surface area contributed by atoms with E-state index < -0.39 is 10.0 Å². The number of nitrogens with zero attached hydrogens (tertiary/aromatic N) is 3. The van der Waals surface area contributed by atoms with Crippen LogP contribution in [-0.4, -0.2) is 47.8 Å². The second-order valence-electron chi connectivity index (χ2n) is 4.64. The van der Waals surface area contributed by atoms with Crippen LogP contribution in [-0.2, 0) is 10.0 Å². The van der Waals surface area contributed by atoms with Crippen molar-refractivity contribution < 1.29 is 13.5 Å². The summed E-state index contributed by atoms with van der Waals surface area (Å²) in [5.74, 6) is 0.361. The predicted octanol–water partition coefficient (Wildman–Crippen LogP) is 0.376. The van der Waals surface area contributed by atoms with Gasteiger partial charge in [-0.25, -0.2) is 13.1 Å². The molecule has 0 aliphatic rings. The highest BCUT2D eigenvalue weighted by Gasteiger charge is 2.25. The Morgan fingerprint density at radius 1 is 1.38 bits per heavy atom. The fourth-order valence-corrected chi connectivity index (χ4v) is 3.32. The molecule has 114 valence electrons. The predicted molar refractivity (Wildman–Crippen MR) is 79.6 cm³/mol. The number of sulfonamides is 1. The molecule has 1 heterocycles. The van der Waals surface area contributed by atoms with Crippen molar-refractivity contribution in [1.82, 2.24) is 14.1 Å². The van der Waals surface area contributed by atoms with Gasteiger partial charge < -0.3 is 10.8 Å². The third kappa shape index (κ3) is 2.92. The molecule has 0 saturated carbocycles. The van der Waals surface area contributed by atoms with Crippen LogP contribution in [0.4, 0.5) is 5.82 Å². The van der Waals surface area contributed by atoms with Gasteiger partial charge in [0.15, 0.2) is 0 Å². The number of para-hydroxylation sites is 1. The van der Waals surface area contributed by atoms with Crippen molar-refractivity contribution in [1.29, 1.82) is 0 Å². The van der Waals surface area contributed by atoms with E-state index >= 15 is 0 Å². The molecule has 2 aromatic rings. The van der Waals surface area contributed by atoms with E-state index in [2.05, 4.69) is 5.10 Å². The maximum Gasteiger partial charge on any atom is 0.245 e. The highest BCUT2D eigenvalue weighted by Crippen LogP contribution is 2.24. The molecular formula is C13H18N4O3S. The van der Waals surface area contributed by atoms with Gasteiger partial charge in [-0.15, -0.1) is 0 Å². The normalized spacial score (nSPS) is 12.0. The fraction of sp³-hybridized carbons (Fsp3) is 0.308. The summed E-state index contributed by atoms with van der Waals surface area (Å²) in [4.78, 5) is 0.0933. The molecule has 0 spiro atoms.